The molecule has 1 saturated carbocycles. The van der Waals surface area contributed by atoms with Crippen LogP contribution in [0.2, 0.25) is 0 Å². The smallest absolute Gasteiger partial charge is 0.308 e. The minimum Gasteiger partial charge on any atom is -0.481 e. The van der Waals surface area contributed by atoms with E-state index in [0.717, 1.165) is 25.7 Å². The van der Waals surface area contributed by atoms with Gasteiger partial charge in [-0.2, -0.15) is 5.26 Å². The molecule has 196 valence electrons. The summed E-state index contributed by atoms with van der Waals surface area (Å²) in [7, 11) is 0. The Bertz CT molecular complexity index is 815. The van der Waals surface area contributed by atoms with Gasteiger partial charge in [0.25, 0.3) is 0 Å². The number of ether oxygens (including phenoxy) is 1. The summed E-state index contributed by atoms with van der Waals surface area (Å²) in [5.41, 5.74) is 0.282. The maximum Gasteiger partial charge on any atom is 0.308 e. The maximum atomic E-state index is 12.7. The van der Waals surface area contributed by atoms with Gasteiger partial charge in [0, 0.05) is 12.3 Å². The Kier molecular flexibility index (Phi) is 11.5. The van der Waals surface area contributed by atoms with Crippen molar-refractivity contribution in [3.05, 3.63) is 23.8 Å². The van der Waals surface area contributed by atoms with Gasteiger partial charge < -0.3 is 20.1 Å². The Balaban J connectivity index is 2.30. The molecule has 35 heavy (non-hydrogen) atoms. The van der Waals surface area contributed by atoms with E-state index in [9.17, 15) is 30.2 Å². The van der Waals surface area contributed by atoms with E-state index in [1.807, 2.05) is 13.8 Å². The molecule has 0 aromatic carbocycles. The number of cyclic esters (lactones) is 1. The Morgan fingerprint density at radius 2 is 1.71 bits per heavy atom. The standard InChI is InChI=1S/C28H43NO6/c1-17-12-18(2)14-20(4)27(32)21(16-29)8-5-6-11-25(22-9-7-10-23(22)28(33)34)35-26(31)15-24(30)19(3)13-17/h5-6,8,17-20,22-25,27,30,32H,7,9-15H2,1-4H3,(H,33,34)/b6-5+,21-8-/t17-,18-,19-,20-,22+,23+,24-,25-,27-/m0/s1. The van der Waals surface area contributed by atoms with Crippen LogP contribution in [0.15, 0.2) is 23.8 Å². The quantitative estimate of drug-likeness (QED) is 0.482. The normalized spacial score (nSPS) is 40.9. The van der Waals surface area contributed by atoms with Gasteiger partial charge in [-0.25, -0.2) is 0 Å². The molecule has 0 unspecified atom stereocenters. The number of carboxylic acid groups (broad SMARTS) is 1. The highest BCUT2D eigenvalue weighted by atomic mass is 16.5. The lowest BCUT2D eigenvalue weighted by Crippen LogP contribution is -2.34. The van der Waals surface area contributed by atoms with Crippen molar-refractivity contribution in [3.63, 3.8) is 0 Å². The molecule has 3 N–H and O–H groups in total. The van der Waals surface area contributed by atoms with Gasteiger partial charge in [0.1, 0.15) is 6.10 Å². The highest BCUT2D eigenvalue weighted by molar-refractivity contribution is 5.72. The van der Waals surface area contributed by atoms with Crippen LogP contribution in [0.5, 0.6) is 0 Å². The van der Waals surface area contributed by atoms with Crippen molar-refractivity contribution in [2.75, 3.05) is 0 Å². The van der Waals surface area contributed by atoms with E-state index in [1.165, 1.54) is 0 Å². The molecule has 2 aliphatic rings. The van der Waals surface area contributed by atoms with Gasteiger partial charge in [0.05, 0.1) is 36.2 Å². The van der Waals surface area contributed by atoms with Crippen LogP contribution in [0.4, 0.5) is 0 Å². The number of rotatable bonds is 2. The first kappa shape index (κ1) is 29.1. The predicted molar refractivity (Wildman–Crippen MR) is 133 cm³/mol. The molecule has 0 radical (unpaired) electrons. The van der Waals surface area contributed by atoms with Crippen molar-refractivity contribution in [3.8, 4) is 6.07 Å². The molecule has 1 fully saturated rings. The second kappa shape index (κ2) is 13.8. The molecule has 7 heteroatoms. The lowest BCUT2D eigenvalue weighted by atomic mass is 9.82. The zero-order chi connectivity index (χ0) is 26.1. The summed E-state index contributed by atoms with van der Waals surface area (Å²) in [4.78, 5) is 24.5. The fourth-order valence-electron chi connectivity index (χ4n) is 5.97. The van der Waals surface area contributed by atoms with Crippen molar-refractivity contribution >= 4 is 11.9 Å². The first-order valence-corrected chi connectivity index (χ1v) is 13.1. The number of aliphatic hydroxyl groups excluding tert-OH is 2. The van der Waals surface area contributed by atoms with Gasteiger partial charge in [0.2, 0.25) is 0 Å². The van der Waals surface area contributed by atoms with Gasteiger partial charge in [0.15, 0.2) is 0 Å². The summed E-state index contributed by atoms with van der Waals surface area (Å²) in [6, 6.07) is 2.10. The topological polar surface area (TPSA) is 128 Å². The third kappa shape index (κ3) is 8.77. The molecule has 0 aromatic rings. The molecule has 1 heterocycles. The van der Waals surface area contributed by atoms with E-state index >= 15 is 0 Å². The van der Waals surface area contributed by atoms with E-state index in [4.69, 9.17) is 4.74 Å². The lowest BCUT2D eigenvalue weighted by Gasteiger charge is -2.28. The number of carboxylic acids is 1. The highest BCUT2D eigenvalue weighted by Crippen LogP contribution is 2.37. The van der Waals surface area contributed by atoms with Crippen LogP contribution in [-0.2, 0) is 14.3 Å². The van der Waals surface area contributed by atoms with Crippen molar-refractivity contribution in [1.82, 2.24) is 0 Å². The Morgan fingerprint density at radius 1 is 1.06 bits per heavy atom. The Labute approximate surface area is 209 Å². The molecule has 1 aliphatic carbocycles. The van der Waals surface area contributed by atoms with Crippen LogP contribution < -0.4 is 0 Å². The fourth-order valence-corrected chi connectivity index (χ4v) is 5.97. The zero-order valence-electron chi connectivity index (χ0n) is 21.6. The molecule has 0 bridgehead atoms. The maximum absolute atomic E-state index is 12.7. The number of hydrogen-bond donors (Lipinski definition) is 3. The number of nitriles is 1. The Hall–Kier alpha value is -2.17. The average molecular weight is 490 g/mol. The van der Waals surface area contributed by atoms with Crippen LogP contribution in [0, 0.1) is 46.8 Å². The molecule has 7 nitrogen and oxygen atoms in total. The summed E-state index contributed by atoms with van der Waals surface area (Å²) in [5.74, 6) is -1.77. The van der Waals surface area contributed by atoms with E-state index in [1.54, 1.807) is 18.2 Å². The molecule has 9 atom stereocenters. The molecule has 2 rings (SSSR count). The van der Waals surface area contributed by atoms with E-state index in [-0.39, 0.29) is 29.7 Å². The third-order valence-corrected chi connectivity index (χ3v) is 7.80. The van der Waals surface area contributed by atoms with Crippen LogP contribution >= 0.6 is 0 Å². The van der Waals surface area contributed by atoms with E-state index < -0.39 is 36.2 Å². The number of carbonyl (C=O) groups is 2. The molecule has 1 aliphatic heterocycles. The minimum atomic E-state index is -0.882. The molecular weight excluding hydrogens is 446 g/mol. The molecule has 0 saturated heterocycles. The largest absolute Gasteiger partial charge is 0.481 e. The number of nitrogens with zero attached hydrogens (tertiary/aromatic N) is 1. The highest BCUT2D eigenvalue weighted by Gasteiger charge is 2.39. The van der Waals surface area contributed by atoms with Crippen LogP contribution in [-0.4, -0.2) is 45.6 Å². The van der Waals surface area contributed by atoms with Gasteiger partial charge >= 0.3 is 11.9 Å². The molecule has 0 spiro atoms. The predicted octanol–water partition coefficient (Wildman–Crippen LogP) is 4.64. The van der Waals surface area contributed by atoms with E-state index in [0.29, 0.717) is 31.1 Å². The molecule has 0 aromatic heterocycles. The average Bonchev–Trinajstić information content (AvgIpc) is 3.27. The summed E-state index contributed by atoms with van der Waals surface area (Å²) >= 11 is 0. The minimum absolute atomic E-state index is 0.0816. The second-order valence-electron chi connectivity index (χ2n) is 11.1. The van der Waals surface area contributed by atoms with Gasteiger partial charge in [-0.1, -0.05) is 46.3 Å². The lowest BCUT2D eigenvalue weighted by molar-refractivity contribution is -0.159. The molecular formula is C28H43NO6. The number of esters is 1. The fraction of sp³-hybridized carbons (Fsp3) is 0.750. The number of hydrogen-bond acceptors (Lipinski definition) is 6. The van der Waals surface area contributed by atoms with Gasteiger partial charge in [-0.3, -0.25) is 9.59 Å². The summed E-state index contributed by atoms with van der Waals surface area (Å²) in [5, 5.41) is 40.6. The number of aliphatic hydroxyl groups is 2. The van der Waals surface area contributed by atoms with Gasteiger partial charge in [-0.15, -0.1) is 0 Å². The van der Waals surface area contributed by atoms with Crippen LogP contribution in [0.3, 0.4) is 0 Å². The van der Waals surface area contributed by atoms with Crippen molar-refractivity contribution in [2.45, 2.75) is 97.4 Å². The SMILES string of the molecule is C[C@H]1C[C@H](C)C[C@H](C)[C@@H](O)CC(=O)O[C@H]([C@@H]2CCC[C@H]2C(=O)O)C/C=C/C=C(/C#N)[C@@H](O)[C@@H](C)C1. The number of carbonyl (C=O) groups excluding carboxylic acids is 1. The molecule has 0 amide bonds. The summed E-state index contributed by atoms with van der Waals surface area (Å²) in [6.07, 6.45) is 7.33. The van der Waals surface area contributed by atoms with Crippen molar-refractivity contribution < 1.29 is 29.6 Å². The number of aliphatic carboxylic acids is 1. The van der Waals surface area contributed by atoms with Crippen LogP contribution in [0.25, 0.3) is 0 Å². The van der Waals surface area contributed by atoms with E-state index in [2.05, 4.69) is 19.9 Å². The second-order valence-corrected chi connectivity index (χ2v) is 11.1. The van der Waals surface area contributed by atoms with Gasteiger partial charge in [-0.05, 0) is 61.9 Å². The summed E-state index contributed by atoms with van der Waals surface area (Å²) in [6.45, 7) is 8.16. The summed E-state index contributed by atoms with van der Waals surface area (Å²) < 4.78 is 5.77. The number of allylic oxidation sites excluding steroid dienone is 2. The first-order valence-electron chi connectivity index (χ1n) is 13.1. The van der Waals surface area contributed by atoms with Crippen molar-refractivity contribution in [2.24, 2.45) is 35.5 Å². The first-order chi connectivity index (χ1) is 16.5. The van der Waals surface area contributed by atoms with Crippen LogP contribution in [0.1, 0.15) is 79.1 Å². The Morgan fingerprint density at radius 3 is 2.34 bits per heavy atom. The van der Waals surface area contributed by atoms with Crippen molar-refractivity contribution in [1.29, 1.82) is 5.26 Å². The third-order valence-electron chi connectivity index (χ3n) is 7.80. The monoisotopic (exact) mass is 489 g/mol. The zero-order valence-corrected chi connectivity index (χ0v) is 21.6.